The maximum atomic E-state index is 9.89. The van der Waals surface area contributed by atoms with Gasteiger partial charge in [0.25, 0.3) is 0 Å². The molecule has 1 heterocycles. The van der Waals surface area contributed by atoms with E-state index >= 15 is 0 Å². The predicted octanol–water partition coefficient (Wildman–Crippen LogP) is 1.91. The summed E-state index contributed by atoms with van der Waals surface area (Å²) in [6, 6.07) is 5.12. The highest BCUT2D eigenvalue weighted by Crippen LogP contribution is 2.35. The molecule has 0 spiro atoms. The SMILES string of the molecule is OCC1OC(Sc2ccc(Cl)c(Cl)c2)C(O)CC1O. The fraction of sp³-hybridized carbons (Fsp3) is 0.500. The van der Waals surface area contributed by atoms with Gasteiger partial charge in [-0.15, -0.1) is 0 Å². The Morgan fingerprint density at radius 2 is 1.95 bits per heavy atom. The van der Waals surface area contributed by atoms with Crippen molar-refractivity contribution < 1.29 is 20.1 Å². The van der Waals surface area contributed by atoms with Crippen LogP contribution in [0.2, 0.25) is 10.0 Å². The third kappa shape index (κ3) is 3.76. The van der Waals surface area contributed by atoms with Crippen LogP contribution in [0.15, 0.2) is 23.1 Å². The second-order valence-corrected chi connectivity index (χ2v) is 6.28. The fourth-order valence-electron chi connectivity index (χ4n) is 1.82. The molecule has 3 N–H and O–H groups in total. The summed E-state index contributed by atoms with van der Waals surface area (Å²) in [5.74, 6) is 0. The zero-order chi connectivity index (χ0) is 14.0. The molecule has 1 aromatic rings. The minimum absolute atomic E-state index is 0.171. The highest BCUT2D eigenvalue weighted by atomic mass is 35.5. The summed E-state index contributed by atoms with van der Waals surface area (Å²) in [7, 11) is 0. The molecule has 1 aliphatic heterocycles. The zero-order valence-corrected chi connectivity index (χ0v) is 12.2. The Kier molecular flexibility index (Phi) is 5.37. The molecule has 4 nitrogen and oxygen atoms in total. The molecule has 4 atom stereocenters. The summed E-state index contributed by atoms with van der Waals surface area (Å²) < 4.78 is 5.47. The lowest BCUT2D eigenvalue weighted by Crippen LogP contribution is -2.47. The minimum atomic E-state index is -0.856. The number of hydrogen-bond acceptors (Lipinski definition) is 5. The Labute approximate surface area is 125 Å². The summed E-state index contributed by atoms with van der Waals surface area (Å²) >= 11 is 13.0. The molecule has 1 saturated heterocycles. The first-order valence-electron chi connectivity index (χ1n) is 5.75. The van der Waals surface area contributed by atoms with Crippen LogP contribution in [0.5, 0.6) is 0 Å². The molecule has 0 radical (unpaired) electrons. The third-order valence-corrected chi connectivity index (χ3v) is 4.78. The predicted molar refractivity (Wildman–Crippen MR) is 74.7 cm³/mol. The van der Waals surface area contributed by atoms with Crippen molar-refractivity contribution >= 4 is 35.0 Å². The number of aliphatic hydroxyl groups is 3. The Hall–Kier alpha value is -0.0100. The van der Waals surface area contributed by atoms with Crippen molar-refractivity contribution in [3.8, 4) is 0 Å². The van der Waals surface area contributed by atoms with Gasteiger partial charge in [-0.1, -0.05) is 35.0 Å². The Morgan fingerprint density at radius 1 is 1.21 bits per heavy atom. The van der Waals surface area contributed by atoms with E-state index in [2.05, 4.69) is 0 Å². The van der Waals surface area contributed by atoms with Crippen LogP contribution in [0.25, 0.3) is 0 Å². The van der Waals surface area contributed by atoms with Gasteiger partial charge in [-0.3, -0.25) is 0 Å². The number of halogens is 2. The number of aliphatic hydroxyl groups excluding tert-OH is 3. The quantitative estimate of drug-likeness (QED) is 0.792. The smallest absolute Gasteiger partial charge is 0.134 e. The molecule has 106 valence electrons. The van der Waals surface area contributed by atoms with Crippen LogP contribution in [0.3, 0.4) is 0 Å². The largest absolute Gasteiger partial charge is 0.394 e. The molecule has 7 heteroatoms. The second kappa shape index (κ2) is 6.63. The molecule has 1 aromatic carbocycles. The normalized spacial score (nSPS) is 31.4. The van der Waals surface area contributed by atoms with Crippen molar-refractivity contribution in [2.75, 3.05) is 6.61 Å². The van der Waals surface area contributed by atoms with E-state index in [0.29, 0.717) is 10.0 Å². The van der Waals surface area contributed by atoms with Crippen LogP contribution in [0, 0.1) is 0 Å². The third-order valence-electron chi connectivity index (χ3n) is 2.86. The van der Waals surface area contributed by atoms with E-state index in [-0.39, 0.29) is 13.0 Å². The summed E-state index contributed by atoms with van der Waals surface area (Å²) in [6.07, 6.45) is -2.17. The standard InChI is InChI=1S/C12H14Cl2O4S/c13-7-2-1-6(3-8(7)14)19-12-10(17)4-9(16)11(5-15)18-12/h1-3,9-12,15-17H,4-5H2. The average molecular weight is 325 g/mol. The van der Waals surface area contributed by atoms with Gasteiger partial charge in [0.2, 0.25) is 0 Å². The molecule has 0 bridgehead atoms. The number of thioether (sulfide) groups is 1. The van der Waals surface area contributed by atoms with Gasteiger partial charge in [0, 0.05) is 11.3 Å². The average Bonchev–Trinajstić information content (AvgIpc) is 2.37. The van der Waals surface area contributed by atoms with Crippen molar-refractivity contribution in [2.45, 2.75) is 35.1 Å². The monoisotopic (exact) mass is 324 g/mol. The lowest BCUT2D eigenvalue weighted by molar-refractivity contribution is -0.149. The van der Waals surface area contributed by atoms with E-state index in [1.165, 1.54) is 11.8 Å². The summed E-state index contributed by atoms with van der Waals surface area (Å²) in [6.45, 7) is -0.285. The van der Waals surface area contributed by atoms with Crippen molar-refractivity contribution in [1.29, 1.82) is 0 Å². The molecule has 1 fully saturated rings. The van der Waals surface area contributed by atoms with Gasteiger partial charge in [-0.05, 0) is 18.2 Å². The topological polar surface area (TPSA) is 69.9 Å². The van der Waals surface area contributed by atoms with Crippen LogP contribution < -0.4 is 0 Å². The molecule has 0 aliphatic carbocycles. The Balaban J connectivity index is 2.06. The van der Waals surface area contributed by atoms with Crippen molar-refractivity contribution in [1.82, 2.24) is 0 Å². The molecule has 0 saturated carbocycles. The van der Waals surface area contributed by atoms with Crippen LogP contribution in [-0.4, -0.2) is 45.7 Å². The van der Waals surface area contributed by atoms with E-state index in [0.717, 1.165) is 4.90 Å². The van der Waals surface area contributed by atoms with E-state index in [4.69, 9.17) is 33.0 Å². The molecule has 19 heavy (non-hydrogen) atoms. The summed E-state index contributed by atoms with van der Waals surface area (Å²) in [5, 5.41) is 29.5. The van der Waals surface area contributed by atoms with Gasteiger partial charge in [-0.2, -0.15) is 0 Å². The summed E-state index contributed by atoms with van der Waals surface area (Å²) in [4.78, 5) is 0.798. The summed E-state index contributed by atoms with van der Waals surface area (Å²) in [5.41, 5.74) is -0.558. The van der Waals surface area contributed by atoms with E-state index < -0.39 is 23.7 Å². The highest BCUT2D eigenvalue weighted by molar-refractivity contribution is 7.99. The lowest BCUT2D eigenvalue weighted by atomic mass is 10.0. The van der Waals surface area contributed by atoms with Crippen LogP contribution in [0.1, 0.15) is 6.42 Å². The second-order valence-electron chi connectivity index (χ2n) is 4.29. The van der Waals surface area contributed by atoms with Gasteiger partial charge < -0.3 is 20.1 Å². The molecular weight excluding hydrogens is 311 g/mol. The van der Waals surface area contributed by atoms with Gasteiger partial charge in [0.05, 0.1) is 28.9 Å². The number of hydrogen-bond donors (Lipinski definition) is 3. The maximum absolute atomic E-state index is 9.89. The van der Waals surface area contributed by atoms with Crippen LogP contribution >= 0.6 is 35.0 Å². The molecule has 2 rings (SSSR count). The number of benzene rings is 1. The van der Waals surface area contributed by atoms with Crippen LogP contribution in [-0.2, 0) is 4.74 Å². The first-order valence-corrected chi connectivity index (χ1v) is 7.39. The zero-order valence-electron chi connectivity index (χ0n) is 9.87. The molecular formula is C12H14Cl2O4S. The fourth-order valence-corrected chi connectivity index (χ4v) is 3.25. The number of rotatable bonds is 3. The lowest BCUT2D eigenvalue weighted by Gasteiger charge is -2.36. The highest BCUT2D eigenvalue weighted by Gasteiger charge is 2.36. The maximum Gasteiger partial charge on any atom is 0.134 e. The Morgan fingerprint density at radius 3 is 2.58 bits per heavy atom. The first-order chi connectivity index (χ1) is 9.01. The molecule has 1 aliphatic rings. The van der Waals surface area contributed by atoms with Gasteiger partial charge in [-0.25, -0.2) is 0 Å². The van der Waals surface area contributed by atoms with Crippen molar-refractivity contribution in [2.24, 2.45) is 0 Å². The number of ether oxygens (including phenoxy) is 1. The minimum Gasteiger partial charge on any atom is -0.394 e. The Bertz CT molecular complexity index is 446. The molecule has 4 unspecified atom stereocenters. The van der Waals surface area contributed by atoms with E-state index in [1.54, 1.807) is 18.2 Å². The van der Waals surface area contributed by atoms with Crippen LogP contribution in [0.4, 0.5) is 0 Å². The van der Waals surface area contributed by atoms with Crippen molar-refractivity contribution in [3.63, 3.8) is 0 Å². The molecule has 0 aromatic heterocycles. The van der Waals surface area contributed by atoms with Gasteiger partial charge >= 0.3 is 0 Å². The van der Waals surface area contributed by atoms with Gasteiger partial charge in [0.1, 0.15) is 11.5 Å². The molecule has 0 amide bonds. The van der Waals surface area contributed by atoms with Gasteiger partial charge in [0.15, 0.2) is 0 Å². The first kappa shape index (κ1) is 15.4. The van der Waals surface area contributed by atoms with E-state index in [9.17, 15) is 10.2 Å². The van der Waals surface area contributed by atoms with E-state index in [1.807, 2.05) is 0 Å². The van der Waals surface area contributed by atoms with Crippen molar-refractivity contribution in [3.05, 3.63) is 28.2 Å².